The van der Waals surface area contributed by atoms with E-state index in [9.17, 15) is 4.79 Å². The Hall–Kier alpha value is -2.57. The lowest BCUT2D eigenvalue weighted by Crippen LogP contribution is -2.33. The quantitative estimate of drug-likeness (QED) is 0.795. The predicted molar refractivity (Wildman–Crippen MR) is 103 cm³/mol. The molecule has 0 bridgehead atoms. The number of hydrogen-bond donors (Lipinski definition) is 0. The van der Waals surface area contributed by atoms with Crippen molar-refractivity contribution in [3.63, 3.8) is 0 Å². The van der Waals surface area contributed by atoms with E-state index in [0.717, 1.165) is 36.4 Å². The van der Waals surface area contributed by atoms with Crippen LogP contribution in [0.4, 0.5) is 0 Å². The van der Waals surface area contributed by atoms with Gasteiger partial charge >= 0.3 is 0 Å². The normalized spacial score (nSPS) is 22.8. The second kappa shape index (κ2) is 6.50. The van der Waals surface area contributed by atoms with E-state index in [-0.39, 0.29) is 24.2 Å². The summed E-state index contributed by atoms with van der Waals surface area (Å²) >= 11 is 0. The first-order valence-electron chi connectivity index (χ1n) is 10.1. The number of carbonyl (C=O) groups is 1. The van der Waals surface area contributed by atoms with E-state index in [1.165, 1.54) is 12.8 Å². The molecule has 0 spiro atoms. The molecule has 3 heterocycles. The van der Waals surface area contributed by atoms with Crippen molar-refractivity contribution in [2.45, 2.75) is 57.1 Å². The van der Waals surface area contributed by atoms with Crippen molar-refractivity contribution in [3.05, 3.63) is 35.7 Å². The van der Waals surface area contributed by atoms with Gasteiger partial charge in [-0.05, 0) is 39.2 Å². The van der Waals surface area contributed by atoms with Gasteiger partial charge in [0.15, 0.2) is 18.1 Å². The molecule has 2 aliphatic heterocycles. The van der Waals surface area contributed by atoms with Crippen LogP contribution in [0.3, 0.4) is 0 Å². The fraction of sp³-hybridized carbons (Fsp3) is 0.571. The fourth-order valence-corrected chi connectivity index (χ4v) is 4.15. The predicted octanol–water partition coefficient (Wildman–Crippen LogP) is 2.72. The molecule has 2 aromatic rings. The van der Waals surface area contributed by atoms with Crippen LogP contribution in [0.2, 0.25) is 0 Å². The molecular formula is C21H26N4O3. The highest BCUT2D eigenvalue weighted by Crippen LogP contribution is 2.42. The number of rotatable bonds is 5. The van der Waals surface area contributed by atoms with Gasteiger partial charge < -0.3 is 14.4 Å². The summed E-state index contributed by atoms with van der Waals surface area (Å²) in [6, 6.07) is 6.08. The van der Waals surface area contributed by atoms with Crippen LogP contribution in [-0.4, -0.2) is 51.1 Å². The highest BCUT2D eigenvalue weighted by molar-refractivity contribution is 5.78. The first-order chi connectivity index (χ1) is 13.5. The Morgan fingerprint density at radius 1 is 1.32 bits per heavy atom. The minimum absolute atomic E-state index is 0.000100. The van der Waals surface area contributed by atoms with E-state index in [0.29, 0.717) is 18.2 Å². The maximum atomic E-state index is 12.7. The molecule has 28 heavy (non-hydrogen) atoms. The molecule has 1 saturated heterocycles. The van der Waals surface area contributed by atoms with Gasteiger partial charge in [0.2, 0.25) is 0 Å². The number of fused-ring (bicyclic) bond motifs is 1. The van der Waals surface area contributed by atoms with Crippen molar-refractivity contribution < 1.29 is 14.3 Å². The second-order valence-electron chi connectivity index (χ2n) is 8.75. The average Bonchev–Trinajstić information content (AvgIpc) is 3.08. The monoisotopic (exact) mass is 382 g/mol. The zero-order valence-electron chi connectivity index (χ0n) is 16.4. The van der Waals surface area contributed by atoms with Crippen LogP contribution in [-0.2, 0) is 11.2 Å². The van der Waals surface area contributed by atoms with Gasteiger partial charge in [0.1, 0.15) is 5.60 Å². The lowest BCUT2D eigenvalue weighted by Gasteiger charge is -2.19. The minimum atomic E-state index is -0.231. The van der Waals surface area contributed by atoms with Gasteiger partial charge in [0.25, 0.3) is 5.91 Å². The third-order valence-corrected chi connectivity index (χ3v) is 5.82. The summed E-state index contributed by atoms with van der Waals surface area (Å²) in [6.07, 6.45) is 6.24. The zero-order valence-corrected chi connectivity index (χ0v) is 16.4. The molecular weight excluding hydrogens is 356 g/mol. The number of benzene rings is 1. The van der Waals surface area contributed by atoms with Crippen LogP contribution in [0.1, 0.15) is 56.3 Å². The Bertz CT molecular complexity index is 903. The van der Waals surface area contributed by atoms with Crippen LogP contribution in [0.5, 0.6) is 11.5 Å². The van der Waals surface area contributed by atoms with E-state index < -0.39 is 0 Å². The highest BCUT2D eigenvalue weighted by atomic mass is 16.5. The Labute approximate surface area is 164 Å². The SMILES string of the molecule is CC1(C)Cc2cccc(OCC(=O)N3CC[C@@H](n4cc(C5CC5)nn4)C3)c2O1. The molecule has 1 aliphatic carbocycles. The summed E-state index contributed by atoms with van der Waals surface area (Å²) < 4.78 is 13.8. The Balaban J connectivity index is 1.19. The molecule has 1 aromatic heterocycles. The molecule has 7 heteroatoms. The summed E-state index contributed by atoms with van der Waals surface area (Å²) in [5, 5.41) is 8.57. The van der Waals surface area contributed by atoms with Gasteiger partial charge in [-0.25, -0.2) is 4.68 Å². The van der Waals surface area contributed by atoms with E-state index in [2.05, 4.69) is 36.4 Å². The summed E-state index contributed by atoms with van der Waals surface area (Å²) in [5.74, 6) is 2.02. The van der Waals surface area contributed by atoms with Crippen LogP contribution in [0, 0.1) is 0 Å². The lowest BCUT2D eigenvalue weighted by atomic mass is 10.0. The third kappa shape index (κ3) is 3.34. The van der Waals surface area contributed by atoms with Crippen molar-refractivity contribution in [2.75, 3.05) is 19.7 Å². The van der Waals surface area contributed by atoms with Crippen molar-refractivity contribution in [1.29, 1.82) is 0 Å². The van der Waals surface area contributed by atoms with E-state index in [1.54, 1.807) is 0 Å². The van der Waals surface area contributed by atoms with Crippen LogP contribution < -0.4 is 9.47 Å². The number of ether oxygens (including phenoxy) is 2. The maximum Gasteiger partial charge on any atom is 0.260 e. The smallest absolute Gasteiger partial charge is 0.260 e. The Kier molecular flexibility index (Phi) is 4.07. The molecule has 7 nitrogen and oxygen atoms in total. The van der Waals surface area contributed by atoms with Gasteiger partial charge in [-0.2, -0.15) is 0 Å². The number of amides is 1. The third-order valence-electron chi connectivity index (χ3n) is 5.82. The number of para-hydroxylation sites is 1. The van der Waals surface area contributed by atoms with Crippen molar-refractivity contribution >= 4 is 5.91 Å². The van der Waals surface area contributed by atoms with Crippen LogP contribution in [0.25, 0.3) is 0 Å². The molecule has 3 aliphatic rings. The van der Waals surface area contributed by atoms with Crippen molar-refractivity contribution in [2.24, 2.45) is 0 Å². The maximum absolute atomic E-state index is 12.7. The van der Waals surface area contributed by atoms with Gasteiger partial charge in [-0.15, -0.1) is 5.10 Å². The zero-order chi connectivity index (χ0) is 19.3. The van der Waals surface area contributed by atoms with Crippen molar-refractivity contribution in [3.8, 4) is 11.5 Å². The van der Waals surface area contributed by atoms with E-state index >= 15 is 0 Å². The van der Waals surface area contributed by atoms with Gasteiger partial charge in [0, 0.05) is 37.2 Å². The Morgan fingerprint density at radius 3 is 3.00 bits per heavy atom. The molecule has 0 radical (unpaired) electrons. The fourth-order valence-electron chi connectivity index (χ4n) is 4.15. The van der Waals surface area contributed by atoms with Crippen LogP contribution in [0.15, 0.2) is 24.4 Å². The number of nitrogens with zero attached hydrogens (tertiary/aromatic N) is 4. The van der Waals surface area contributed by atoms with Gasteiger partial charge in [-0.1, -0.05) is 17.3 Å². The molecule has 1 saturated carbocycles. The number of carbonyl (C=O) groups excluding carboxylic acids is 1. The molecule has 0 unspecified atom stereocenters. The topological polar surface area (TPSA) is 69.5 Å². The summed E-state index contributed by atoms with van der Waals surface area (Å²) in [5.41, 5.74) is 1.99. The summed E-state index contributed by atoms with van der Waals surface area (Å²) in [4.78, 5) is 14.5. The summed E-state index contributed by atoms with van der Waals surface area (Å²) in [7, 11) is 0. The molecule has 5 rings (SSSR count). The molecule has 148 valence electrons. The molecule has 0 N–H and O–H groups in total. The number of hydrogen-bond acceptors (Lipinski definition) is 5. The van der Waals surface area contributed by atoms with Crippen LogP contribution >= 0.6 is 0 Å². The first kappa shape index (κ1) is 17.5. The highest BCUT2D eigenvalue weighted by Gasteiger charge is 2.34. The van der Waals surface area contributed by atoms with E-state index in [1.807, 2.05) is 21.7 Å². The molecule has 1 amide bonds. The first-order valence-corrected chi connectivity index (χ1v) is 10.1. The van der Waals surface area contributed by atoms with E-state index in [4.69, 9.17) is 9.47 Å². The lowest BCUT2D eigenvalue weighted by molar-refractivity contribution is -0.132. The number of likely N-dealkylation sites (tertiary alicyclic amines) is 1. The van der Waals surface area contributed by atoms with Gasteiger partial charge in [0.05, 0.1) is 11.7 Å². The largest absolute Gasteiger partial charge is 0.483 e. The minimum Gasteiger partial charge on any atom is -0.483 e. The molecule has 2 fully saturated rings. The summed E-state index contributed by atoms with van der Waals surface area (Å²) in [6.45, 7) is 5.53. The average molecular weight is 382 g/mol. The Morgan fingerprint density at radius 2 is 2.18 bits per heavy atom. The number of aromatic nitrogens is 3. The standard InChI is InChI=1S/C21H26N4O3/c1-21(2)10-15-4-3-5-18(20(15)28-21)27-13-19(26)24-9-8-16(11-24)25-12-17(22-23-25)14-6-7-14/h3-5,12,14,16H,6-11,13H2,1-2H3/t16-/m1/s1. The van der Waals surface area contributed by atoms with Gasteiger partial charge in [-0.3, -0.25) is 4.79 Å². The molecule has 1 aromatic carbocycles. The second-order valence-corrected chi connectivity index (χ2v) is 8.75. The van der Waals surface area contributed by atoms with Crippen molar-refractivity contribution in [1.82, 2.24) is 19.9 Å². The molecule has 1 atom stereocenters.